The van der Waals surface area contributed by atoms with Crippen LogP contribution in [0.5, 0.6) is 5.75 Å². The predicted molar refractivity (Wildman–Crippen MR) is 69.2 cm³/mol. The van der Waals surface area contributed by atoms with Gasteiger partial charge in [0.1, 0.15) is 5.75 Å². The van der Waals surface area contributed by atoms with Crippen LogP contribution in [0, 0.1) is 0 Å². The first-order valence-corrected chi connectivity index (χ1v) is 5.80. The number of anilines is 1. The van der Waals surface area contributed by atoms with Crippen LogP contribution in [0.3, 0.4) is 0 Å². The highest BCUT2D eigenvalue weighted by Gasteiger charge is 2.09. The molecule has 0 bridgehead atoms. The number of esters is 2. The molecule has 1 aromatic rings. The number of carbonyl (C=O) groups excluding carboxylic acids is 2. The first-order valence-electron chi connectivity index (χ1n) is 5.80. The van der Waals surface area contributed by atoms with E-state index in [1.165, 1.54) is 32.4 Å². The fourth-order valence-electron chi connectivity index (χ4n) is 1.48. The Morgan fingerprint density at radius 2 is 2.00 bits per heavy atom. The monoisotopic (exact) mass is 267 g/mol. The van der Waals surface area contributed by atoms with Gasteiger partial charge in [-0.15, -0.1) is 0 Å². The second kappa shape index (κ2) is 7.25. The quantitative estimate of drug-likeness (QED) is 0.462. The van der Waals surface area contributed by atoms with E-state index in [1.54, 1.807) is 0 Å². The molecule has 19 heavy (non-hydrogen) atoms. The fraction of sp³-hybridized carbons (Fsp3) is 0.385. The van der Waals surface area contributed by atoms with E-state index in [0.717, 1.165) is 0 Å². The summed E-state index contributed by atoms with van der Waals surface area (Å²) in [5.41, 5.74) is 0.767. The van der Waals surface area contributed by atoms with Crippen molar-refractivity contribution in [3.05, 3.63) is 23.8 Å². The van der Waals surface area contributed by atoms with Crippen molar-refractivity contribution < 1.29 is 24.2 Å². The number of hydrogen-bond donors (Lipinski definition) is 2. The number of methoxy groups -OCH3 is 2. The molecule has 6 heteroatoms. The smallest absolute Gasteiger partial charge is 0.337 e. The van der Waals surface area contributed by atoms with Gasteiger partial charge in [-0.3, -0.25) is 4.79 Å². The van der Waals surface area contributed by atoms with Gasteiger partial charge in [-0.25, -0.2) is 4.79 Å². The number of aromatic hydroxyl groups is 1. The summed E-state index contributed by atoms with van der Waals surface area (Å²) in [5, 5.41) is 12.6. The molecule has 1 aromatic carbocycles. The lowest BCUT2D eigenvalue weighted by atomic mass is 10.2. The lowest BCUT2D eigenvalue weighted by molar-refractivity contribution is -0.140. The third kappa shape index (κ3) is 4.50. The van der Waals surface area contributed by atoms with Crippen LogP contribution < -0.4 is 5.32 Å². The number of hydrogen-bond acceptors (Lipinski definition) is 6. The fourth-order valence-corrected chi connectivity index (χ4v) is 1.48. The largest absolute Gasteiger partial charge is 0.506 e. The molecule has 0 aliphatic rings. The van der Waals surface area contributed by atoms with Crippen molar-refractivity contribution in [2.75, 3.05) is 26.1 Å². The Morgan fingerprint density at radius 3 is 2.63 bits per heavy atom. The first-order chi connectivity index (χ1) is 9.08. The van der Waals surface area contributed by atoms with Gasteiger partial charge >= 0.3 is 11.9 Å². The summed E-state index contributed by atoms with van der Waals surface area (Å²) in [5.74, 6) is -0.724. The van der Waals surface area contributed by atoms with Gasteiger partial charge in [-0.1, -0.05) is 0 Å². The number of phenolic OH excluding ortho intramolecular Hbond substituents is 1. The molecular weight excluding hydrogens is 250 g/mol. The Bertz CT molecular complexity index is 458. The summed E-state index contributed by atoms with van der Waals surface area (Å²) in [4.78, 5) is 22.3. The highest BCUT2D eigenvalue weighted by atomic mass is 16.5. The van der Waals surface area contributed by atoms with Crippen LogP contribution in [-0.2, 0) is 14.3 Å². The van der Waals surface area contributed by atoms with E-state index in [2.05, 4.69) is 14.8 Å². The molecule has 0 spiro atoms. The number of carbonyl (C=O) groups is 2. The molecule has 0 heterocycles. The second-order valence-corrected chi connectivity index (χ2v) is 3.83. The zero-order valence-electron chi connectivity index (χ0n) is 10.9. The molecule has 104 valence electrons. The molecule has 0 aliphatic heterocycles. The average Bonchev–Trinajstić information content (AvgIpc) is 2.44. The van der Waals surface area contributed by atoms with Crippen LogP contribution in [0.2, 0.25) is 0 Å². The third-order valence-electron chi connectivity index (χ3n) is 2.52. The van der Waals surface area contributed by atoms with Gasteiger partial charge in [-0.05, 0) is 24.6 Å². The second-order valence-electron chi connectivity index (χ2n) is 3.83. The summed E-state index contributed by atoms with van der Waals surface area (Å²) < 4.78 is 9.11. The van der Waals surface area contributed by atoms with Crippen LogP contribution in [0.25, 0.3) is 0 Å². The number of ether oxygens (including phenoxy) is 2. The molecule has 0 saturated carbocycles. The molecule has 0 amide bonds. The van der Waals surface area contributed by atoms with Gasteiger partial charge in [0.2, 0.25) is 0 Å². The molecule has 0 unspecified atom stereocenters. The molecular formula is C13H17NO5. The SMILES string of the molecule is COC(=O)CCCNc1cc(C(=O)OC)ccc1O. The van der Waals surface area contributed by atoms with Gasteiger partial charge in [0.15, 0.2) is 0 Å². The van der Waals surface area contributed by atoms with E-state index >= 15 is 0 Å². The molecule has 2 N–H and O–H groups in total. The molecule has 0 aliphatic carbocycles. The zero-order chi connectivity index (χ0) is 14.3. The Balaban J connectivity index is 2.57. The van der Waals surface area contributed by atoms with E-state index < -0.39 is 5.97 Å². The van der Waals surface area contributed by atoms with Crippen LogP contribution in [-0.4, -0.2) is 37.8 Å². The minimum Gasteiger partial charge on any atom is -0.506 e. The van der Waals surface area contributed by atoms with Gasteiger partial charge < -0.3 is 19.9 Å². The lowest BCUT2D eigenvalue weighted by Crippen LogP contribution is -2.08. The van der Waals surface area contributed by atoms with Crippen LogP contribution in [0.15, 0.2) is 18.2 Å². The van der Waals surface area contributed by atoms with Crippen molar-refractivity contribution in [1.29, 1.82) is 0 Å². The van der Waals surface area contributed by atoms with Crippen LogP contribution in [0.4, 0.5) is 5.69 Å². The summed E-state index contributed by atoms with van der Waals surface area (Å²) in [7, 11) is 2.63. The maximum absolute atomic E-state index is 11.3. The van der Waals surface area contributed by atoms with E-state index in [0.29, 0.717) is 30.6 Å². The molecule has 0 fully saturated rings. The third-order valence-corrected chi connectivity index (χ3v) is 2.52. The lowest BCUT2D eigenvalue weighted by Gasteiger charge is -2.09. The molecule has 0 atom stereocenters. The molecule has 0 radical (unpaired) electrons. The van der Waals surface area contributed by atoms with Gasteiger partial charge in [-0.2, -0.15) is 0 Å². The first kappa shape index (κ1) is 14.8. The maximum Gasteiger partial charge on any atom is 0.337 e. The Labute approximate surface area is 111 Å². The standard InChI is InChI=1S/C13H17NO5/c1-18-12(16)4-3-7-14-10-8-9(13(17)19-2)5-6-11(10)15/h5-6,8,14-15H,3-4,7H2,1-2H3. The summed E-state index contributed by atoms with van der Waals surface area (Å²) in [6.07, 6.45) is 0.857. The minimum absolute atomic E-state index is 0.0331. The van der Waals surface area contributed by atoms with Gasteiger partial charge in [0, 0.05) is 13.0 Å². The Kier molecular flexibility index (Phi) is 5.66. The number of nitrogens with one attached hydrogen (secondary N) is 1. The van der Waals surface area contributed by atoms with Crippen molar-refractivity contribution >= 4 is 17.6 Å². The van der Waals surface area contributed by atoms with Gasteiger partial charge in [0.25, 0.3) is 0 Å². The molecule has 6 nitrogen and oxygen atoms in total. The van der Waals surface area contributed by atoms with E-state index in [4.69, 9.17) is 0 Å². The van der Waals surface area contributed by atoms with E-state index in [9.17, 15) is 14.7 Å². The summed E-state index contributed by atoms with van der Waals surface area (Å²) in [6.45, 7) is 0.479. The normalized spacial score (nSPS) is 9.79. The average molecular weight is 267 g/mol. The Hall–Kier alpha value is -2.24. The topological polar surface area (TPSA) is 84.9 Å². The van der Waals surface area contributed by atoms with Crippen molar-refractivity contribution in [3.8, 4) is 5.75 Å². The Morgan fingerprint density at radius 1 is 1.26 bits per heavy atom. The van der Waals surface area contributed by atoms with E-state index in [-0.39, 0.29) is 11.7 Å². The van der Waals surface area contributed by atoms with Crippen molar-refractivity contribution in [2.24, 2.45) is 0 Å². The number of rotatable bonds is 6. The summed E-state index contributed by atoms with van der Waals surface area (Å²) in [6, 6.07) is 4.38. The van der Waals surface area contributed by atoms with Crippen molar-refractivity contribution in [2.45, 2.75) is 12.8 Å². The van der Waals surface area contributed by atoms with Crippen LogP contribution >= 0.6 is 0 Å². The molecule has 0 aromatic heterocycles. The molecule has 0 saturated heterocycles. The maximum atomic E-state index is 11.3. The van der Waals surface area contributed by atoms with Crippen LogP contribution in [0.1, 0.15) is 23.2 Å². The van der Waals surface area contributed by atoms with E-state index in [1.807, 2.05) is 0 Å². The molecule has 1 rings (SSSR count). The zero-order valence-corrected chi connectivity index (χ0v) is 10.9. The number of phenols is 1. The predicted octanol–water partition coefficient (Wildman–Crippen LogP) is 1.54. The minimum atomic E-state index is -0.474. The highest BCUT2D eigenvalue weighted by molar-refractivity contribution is 5.91. The van der Waals surface area contributed by atoms with Gasteiger partial charge in [0.05, 0.1) is 25.5 Å². The number of benzene rings is 1. The highest BCUT2D eigenvalue weighted by Crippen LogP contribution is 2.24. The summed E-state index contributed by atoms with van der Waals surface area (Å²) >= 11 is 0. The van der Waals surface area contributed by atoms with Crippen molar-refractivity contribution in [1.82, 2.24) is 0 Å². The van der Waals surface area contributed by atoms with Crippen molar-refractivity contribution in [3.63, 3.8) is 0 Å².